The number of benzene rings is 1. The lowest BCUT2D eigenvalue weighted by Gasteiger charge is -2.11. The number of amides is 2. The Bertz CT molecular complexity index is 1430. The molecule has 34 heavy (non-hydrogen) atoms. The van der Waals surface area contributed by atoms with Gasteiger partial charge in [-0.2, -0.15) is 0 Å². The van der Waals surface area contributed by atoms with Gasteiger partial charge in [0.1, 0.15) is 4.83 Å². The molecule has 1 aromatic carbocycles. The average molecular weight is 474 g/mol. The Morgan fingerprint density at radius 3 is 2.71 bits per heavy atom. The highest BCUT2D eigenvalue weighted by molar-refractivity contribution is 7.18. The molecule has 1 aliphatic rings. The predicted molar refractivity (Wildman–Crippen MR) is 132 cm³/mol. The van der Waals surface area contributed by atoms with Crippen LogP contribution in [0.4, 0.5) is 11.4 Å². The summed E-state index contributed by atoms with van der Waals surface area (Å²) < 4.78 is 1.52. The number of nitrogens with zero attached hydrogens (tertiary/aromatic N) is 3. The van der Waals surface area contributed by atoms with Crippen molar-refractivity contribution >= 4 is 44.7 Å². The van der Waals surface area contributed by atoms with E-state index in [1.165, 1.54) is 15.8 Å². The summed E-state index contributed by atoms with van der Waals surface area (Å²) in [4.78, 5) is 48.6. The van der Waals surface area contributed by atoms with Crippen LogP contribution in [-0.2, 0) is 24.2 Å². The lowest BCUT2D eigenvalue weighted by molar-refractivity contribution is -0.116. The highest BCUT2D eigenvalue weighted by Gasteiger charge is 2.20. The van der Waals surface area contributed by atoms with Crippen molar-refractivity contribution in [3.05, 3.63) is 81.5 Å². The Labute approximate surface area is 199 Å². The van der Waals surface area contributed by atoms with Gasteiger partial charge in [0, 0.05) is 47.2 Å². The second-order valence-corrected chi connectivity index (χ2v) is 9.29. The second kappa shape index (κ2) is 9.56. The van der Waals surface area contributed by atoms with Crippen LogP contribution >= 0.6 is 11.3 Å². The van der Waals surface area contributed by atoms with Crippen LogP contribution in [0.3, 0.4) is 0 Å². The monoisotopic (exact) mass is 473 g/mol. The van der Waals surface area contributed by atoms with Gasteiger partial charge in [-0.1, -0.05) is 6.07 Å². The first-order valence-corrected chi connectivity index (χ1v) is 12.0. The van der Waals surface area contributed by atoms with E-state index in [9.17, 15) is 14.4 Å². The second-order valence-electron chi connectivity index (χ2n) is 8.20. The third-order valence-electron chi connectivity index (χ3n) is 5.87. The number of carbonyl (C=O) groups is 2. The van der Waals surface area contributed by atoms with Gasteiger partial charge in [-0.3, -0.25) is 23.9 Å². The third-order valence-corrected chi connectivity index (χ3v) is 7.07. The van der Waals surface area contributed by atoms with Crippen LogP contribution in [0.25, 0.3) is 10.2 Å². The van der Waals surface area contributed by atoms with Crippen molar-refractivity contribution in [3.63, 3.8) is 0 Å². The summed E-state index contributed by atoms with van der Waals surface area (Å²) in [5, 5.41) is 6.32. The molecule has 5 rings (SSSR count). The molecule has 8 nitrogen and oxygen atoms in total. The van der Waals surface area contributed by atoms with Crippen LogP contribution in [0.15, 0.2) is 59.9 Å². The van der Waals surface area contributed by atoms with Crippen LogP contribution in [0.1, 0.15) is 40.1 Å². The van der Waals surface area contributed by atoms with E-state index < -0.39 is 0 Å². The van der Waals surface area contributed by atoms with Gasteiger partial charge in [0.05, 0.1) is 11.7 Å². The van der Waals surface area contributed by atoms with Crippen LogP contribution in [0.2, 0.25) is 0 Å². The largest absolute Gasteiger partial charge is 0.326 e. The lowest BCUT2D eigenvalue weighted by Crippen LogP contribution is -2.24. The molecule has 0 spiro atoms. The molecule has 0 radical (unpaired) electrons. The van der Waals surface area contributed by atoms with Crippen molar-refractivity contribution in [1.29, 1.82) is 0 Å². The van der Waals surface area contributed by atoms with Gasteiger partial charge in [0.15, 0.2) is 0 Å². The highest BCUT2D eigenvalue weighted by Crippen LogP contribution is 2.33. The van der Waals surface area contributed by atoms with Gasteiger partial charge in [0.25, 0.3) is 11.5 Å². The summed E-state index contributed by atoms with van der Waals surface area (Å²) in [5.74, 6) is -0.529. The smallest absolute Gasteiger partial charge is 0.262 e. The minimum absolute atomic E-state index is 0.0769. The molecule has 0 unspecified atom stereocenters. The van der Waals surface area contributed by atoms with Gasteiger partial charge in [-0.25, -0.2) is 4.98 Å². The molecular weight excluding hydrogens is 450 g/mol. The van der Waals surface area contributed by atoms with Gasteiger partial charge >= 0.3 is 0 Å². The van der Waals surface area contributed by atoms with E-state index in [1.807, 2.05) is 0 Å². The minimum Gasteiger partial charge on any atom is -0.326 e. The van der Waals surface area contributed by atoms with Crippen LogP contribution in [-0.4, -0.2) is 26.3 Å². The molecular formula is C25H23N5O3S. The number of fused-ring (bicyclic) bond motifs is 3. The van der Waals surface area contributed by atoms with Crippen molar-refractivity contribution in [3.8, 4) is 0 Å². The van der Waals surface area contributed by atoms with E-state index in [-0.39, 0.29) is 30.3 Å². The maximum absolute atomic E-state index is 13.1. The van der Waals surface area contributed by atoms with E-state index in [4.69, 9.17) is 0 Å². The molecule has 0 fully saturated rings. The molecule has 4 aromatic rings. The van der Waals surface area contributed by atoms with Crippen LogP contribution in [0.5, 0.6) is 0 Å². The van der Waals surface area contributed by atoms with Crippen molar-refractivity contribution in [2.45, 2.75) is 38.6 Å². The van der Waals surface area contributed by atoms with Crippen molar-refractivity contribution in [1.82, 2.24) is 14.5 Å². The molecule has 3 aromatic heterocycles. The molecule has 1 aliphatic carbocycles. The molecule has 2 N–H and O–H groups in total. The lowest BCUT2D eigenvalue weighted by atomic mass is 9.97. The van der Waals surface area contributed by atoms with E-state index in [0.717, 1.165) is 41.5 Å². The quantitative estimate of drug-likeness (QED) is 0.440. The topological polar surface area (TPSA) is 106 Å². The van der Waals surface area contributed by atoms with Crippen molar-refractivity contribution in [2.75, 3.05) is 10.6 Å². The first-order valence-electron chi connectivity index (χ1n) is 11.2. The molecule has 0 atom stereocenters. The third kappa shape index (κ3) is 4.60. The Morgan fingerprint density at radius 1 is 1.03 bits per heavy atom. The zero-order valence-corrected chi connectivity index (χ0v) is 19.2. The number of aryl methyl sites for hydroxylation is 3. The predicted octanol–water partition coefficient (Wildman–Crippen LogP) is 4.01. The van der Waals surface area contributed by atoms with Crippen molar-refractivity contribution < 1.29 is 9.59 Å². The summed E-state index contributed by atoms with van der Waals surface area (Å²) in [6, 6.07) is 10.1. The zero-order chi connectivity index (χ0) is 23.5. The number of aromatic nitrogens is 3. The summed E-state index contributed by atoms with van der Waals surface area (Å²) in [5.41, 5.74) is 2.64. The number of carbonyl (C=O) groups excluding carboxylic acids is 2. The fourth-order valence-corrected chi connectivity index (χ4v) is 5.38. The fourth-order valence-electron chi connectivity index (χ4n) is 4.16. The number of rotatable bonds is 6. The number of hydrogen-bond donors (Lipinski definition) is 2. The molecule has 9 heteroatoms. The van der Waals surface area contributed by atoms with Gasteiger partial charge < -0.3 is 10.6 Å². The van der Waals surface area contributed by atoms with Gasteiger partial charge in [-0.15, -0.1) is 11.3 Å². The zero-order valence-electron chi connectivity index (χ0n) is 18.4. The number of pyridine rings is 1. The number of nitrogens with one attached hydrogen (secondary N) is 2. The van der Waals surface area contributed by atoms with Gasteiger partial charge in [0.2, 0.25) is 5.91 Å². The number of hydrogen-bond acceptors (Lipinski definition) is 6. The fraction of sp³-hybridized carbons (Fsp3) is 0.240. The van der Waals surface area contributed by atoms with E-state index in [1.54, 1.807) is 60.1 Å². The molecule has 172 valence electrons. The summed E-state index contributed by atoms with van der Waals surface area (Å²) >= 11 is 1.61. The van der Waals surface area contributed by atoms with E-state index in [0.29, 0.717) is 16.9 Å². The Kier molecular flexibility index (Phi) is 6.18. The van der Waals surface area contributed by atoms with E-state index in [2.05, 4.69) is 20.6 Å². The Morgan fingerprint density at radius 2 is 1.85 bits per heavy atom. The summed E-state index contributed by atoms with van der Waals surface area (Å²) in [7, 11) is 0. The van der Waals surface area contributed by atoms with Gasteiger partial charge in [-0.05, 0) is 61.6 Å². The molecule has 0 aliphatic heterocycles. The standard InChI is InChI=1S/C25H23N5O3S/c31-21(28-18-5-3-4-16(14-18)23(32)29-17-8-11-26-12-9-17)10-13-30-15-27-24-22(25(30)33)19-6-1-2-7-20(19)34-24/h3-5,8-9,11-12,14-15H,1-2,6-7,10,13H2,(H,28,31)(H,26,29,32). The molecule has 0 saturated carbocycles. The maximum atomic E-state index is 13.1. The minimum atomic E-state index is -0.285. The van der Waals surface area contributed by atoms with Crippen molar-refractivity contribution in [2.24, 2.45) is 0 Å². The number of thiophene rings is 1. The highest BCUT2D eigenvalue weighted by atomic mass is 32.1. The molecule has 2 amide bonds. The summed E-state index contributed by atoms with van der Waals surface area (Å²) in [6.45, 7) is 0.237. The SMILES string of the molecule is O=C(CCn1cnc2sc3c(c2c1=O)CCCC3)Nc1cccc(C(=O)Nc2ccncc2)c1. The van der Waals surface area contributed by atoms with Crippen LogP contribution < -0.4 is 16.2 Å². The summed E-state index contributed by atoms with van der Waals surface area (Å²) in [6.07, 6.45) is 9.02. The maximum Gasteiger partial charge on any atom is 0.262 e. The van der Waals surface area contributed by atoms with Crippen LogP contribution in [0, 0.1) is 0 Å². The molecule has 3 heterocycles. The number of anilines is 2. The first-order chi connectivity index (χ1) is 16.6. The Balaban J connectivity index is 1.24. The molecule has 0 saturated heterocycles. The Hall–Kier alpha value is -3.85. The van der Waals surface area contributed by atoms with E-state index >= 15 is 0 Å². The average Bonchev–Trinajstić information content (AvgIpc) is 3.24. The molecule has 0 bridgehead atoms. The normalized spacial score (nSPS) is 12.8. The first kappa shape index (κ1) is 22.0.